The van der Waals surface area contributed by atoms with Gasteiger partial charge in [-0.3, -0.25) is 0 Å². The van der Waals surface area contributed by atoms with Gasteiger partial charge in [0.05, 0.1) is 24.9 Å². The number of rotatable bonds is 3. The van der Waals surface area contributed by atoms with E-state index in [1.165, 1.54) is 0 Å². The molecule has 0 aliphatic heterocycles. The zero-order chi connectivity index (χ0) is 14.1. The number of nitrogens with zero attached hydrogens (tertiary/aromatic N) is 1. The summed E-state index contributed by atoms with van der Waals surface area (Å²) in [5, 5.41) is 1.55. The van der Waals surface area contributed by atoms with E-state index in [1.54, 1.807) is 20.4 Å². The lowest BCUT2D eigenvalue weighted by atomic mass is 10.1. The number of hydrogen-bond donors (Lipinski definition) is 1. The van der Waals surface area contributed by atoms with Gasteiger partial charge in [0.15, 0.2) is 11.5 Å². The number of methoxy groups -OCH3 is 2. The first-order valence-electron chi connectivity index (χ1n) is 6.09. The summed E-state index contributed by atoms with van der Waals surface area (Å²) < 4.78 is 10.6. The van der Waals surface area contributed by atoms with Gasteiger partial charge >= 0.3 is 0 Å². The van der Waals surface area contributed by atoms with Gasteiger partial charge in [0.1, 0.15) is 5.65 Å². The average molecular weight is 289 g/mol. The van der Waals surface area contributed by atoms with Crippen LogP contribution in [0.4, 0.5) is 0 Å². The van der Waals surface area contributed by atoms with Gasteiger partial charge in [0, 0.05) is 17.1 Å². The normalized spacial score (nSPS) is 10.8. The first kappa shape index (κ1) is 12.8. The van der Waals surface area contributed by atoms with E-state index >= 15 is 0 Å². The Bertz CT molecular complexity index is 768. The third kappa shape index (κ3) is 1.98. The van der Waals surface area contributed by atoms with Crippen LogP contribution in [-0.4, -0.2) is 24.2 Å². The molecule has 102 valence electrons. The van der Waals surface area contributed by atoms with Gasteiger partial charge in [0.25, 0.3) is 0 Å². The highest BCUT2D eigenvalue weighted by Crippen LogP contribution is 2.37. The van der Waals surface area contributed by atoms with Gasteiger partial charge in [-0.25, -0.2) is 4.98 Å². The predicted octanol–water partition coefficient (Wildman–Crippen LogP) is 3.90. The quantitative estimate of drug-likeness (QED) is 0.795. The Morgan fingerprint density at radius 1 is 1.10 bits per heavy atom. The molecule has 4 nitrogen and oxygen atoms in total. The summed E-state index contributed by atoms with van der Waals surface area (Å²) >= 11 is 6.42. The minimum absolute atomic E-state index is 0.653. The lowest BCUT2D eigenvalue weighted by Crippen LogP contribution is -1.91. The van der Waals surface area contributed by atoms with E-state index in [9.17, 15) is 0 Å². The molecule has 3 aromatic rings. The summed E-state index contributed by atoms with van der Waals surface area (Å²) in [6.07, 6.45) is 1.73. The number of pyridine rings is 1. The number of fused-ring (bicyclic) bond motifs is 1. The van der Waals surface area contributed by atoms with Gasteiger partial charge in [-0.2, -0.15) is 0 Å². The van der Waals surface area contributed by atoms with E-state index in [0.717, 1.165) is 22.3 Å². The highest BCUT2D eigenvalue weighted by Gasteiger charge is 2.14. The van der Waals surface area contributed by atoms with Crippen molar-refractivity contribution in [1.82, 2.24) is 9.97 Å². The second-order valence-corrected chi connectivity index (χ2v) is 4.66. The molecule has 5 heteroatoms. The fourth-order valence-corrected chi connectivity index (χ4v) is 2.49. The van der Waals surface area contributed by atoms with Crippen molar-refractivity contribution in [2.75, 3.05) is 14.2 Å². The number of H-pyrrole nitrogens is 1. The number of aromatic amines is 1. The van der Waals surface area contributed by atoms with Crippen molar-refractivity contribution >= 4 is 22.6 Å². The lowest BCUT2D eigenvalue weighted by Gasteiger charge is -2.09. The Labute approximate surface area is 121 Å². The largest absolute Gasteiger partial charge is 0.493 e. The number of aromatic nitrogens is 2. The molecular formula is C15H13ClN2O2. The highest BCUT2D eigenvalue weighted by molar-refractivity contribution is 6.38. The monoisotopic (exact) mass is 288 g/mol. The number of halogens is 1. The van der Waals surface area contributed by atoms with Gasteiger partial charge in [-0.1, -0.05) is 11.6 Å². The lowest BCUT2D eigenvalue weighted by molar-refractivity contribution is 0.355. The molecule has 3 rings (SSSR count). The molecule has 0 amide bonds. The third-order valence-corrected chi connectivity index (χ3v) is 3.57. The van der Waals surface area contributed by atoms with Crippen LogP contribution in [0.5, 0.6) is 11.5 Å². The van der Waals surface area contributed by atoms with Crippen LogP contribution in [0.1, 0.15) is 0 Å². The minimum Gasteiger partial charge on any atom is -0.493 e. The van der Waals surface area contributed by atoms with Crippen LogP contribution in [0, 0.1) is 0 Å². The SMILES string of the molecule is COc1ccc(-c2[nH]c3ncccc3c2Cl)cc1OC. The topological polar surface area (TPSA) is 47.1 Å². The van der Waals surface area contributed by atoms with Crippen molar-refractivity contribution in [2.45, 2.75) is 0 Å². The summed E-state index contributed by atoms with van der Waals surface area (Å²) in [5.41, 5.74) is 2.51. The maximum Gasteiger partial charge on any atom is 0.161 e. The van der Waals surface area contributed by atoms with Crippen molar-refractivity contribution in [1.29, 1.82) is 0 Å². The smallest absolute Gasteiger partial charge is 0.161 e. The maximum absolute atomic E-state index is 6.42. The van der Waals surface area contributed by atoms with E-state index in [2.05, 4.69) is 9.97 Å². The summed E-state index contributed by atoms with van der Waals surface area (Å²) in [6, 6.07) is 9.46. The van der Waals surface area contributed by atoms with Crippen LogP contribution in [0.3, 0.4) is 0 Å². The molecule has 0 fully saturated rings. The summed E-state index contributed by atoms with van der Waals surface area (Å²) in [5.74, 6) is 1.34. The molecule has 1 aromatic carbocycles. The van der Waals surface area contributed by atoms with E-state index in [1.807, 2.05) is 30.3 Å². The fourth-order valence-electron chi connectivity index (χ4n) is 2.18. The molecule has 1 N–H and O–H groups in total. The zero-order valence-corrected chi connectivity index (χ0v) is 11.9. The van der Waals surface area contributed by atoms with Crippen LogP contribution in [0.25, 0.3) is 22.3 Å². The highest BCUT2D eigenvalue weighted by atomic mass is 35.5. The van der Waals surface area contributed by atoms with Crippen LogP contribution in [0.2, 0.25) is 5.02 Å². The first-order chi connectivity index (χ1) is 9.74. The summed E-state index contributed by atoms with van der Waals surface area (Å²) in [6.45, 7) is 0. The molecule has 0 saturated carbocycles. The van der Waals surface area contributed by atoms with E-state index in [4.69, 9.17) is 21.1 Å². The van der Waals surface area contributed by atoms with Crippen LogP contribution >= 0.6 is 11.6 Å². The molecule has 0 aliphatic carbocycles. The van der Waals surface area contributed by atoms with E-state index in [0.29, 0.717) is 16.5 Å². The van der Waals surface area contributed by atoms with Crippen molar-refractivity contribution in [3.05, 3.63) is 41.6 Å². The number of nitrogens with one attached hydrogen (secondary N) is 1. The molecule has 0 radical (unpaired) electrons. The zero-order valence-electron chi connectivity index (χ0n) is 11.1. The standard InChI is InChI=1S/C15H13ClN2O2/c1-19-11-6-5-9(8-12(11)20-2)14-13(16)10-4-3-7-17-15(10)18-14/h3-8H,1-2H3,(H,17,18). The first-order valence-corrected chi connectivity index (χ1v) is 6.47. The number of benzene rings is 1. The molecule has 2 heterocycles. The van der Waals surface area contributed by atoms with Crippen molar-refractivity contribution < 1.29 is 9.47 Å². The van der Waals surface area contributed by atoms with Crippen LogP contribution in [0.15, 0.2) is 36.5 Å². The van der Waals surface area contributed by atoms with Crippen molar-refractivity contribution in [3.8, 4) is 22.8 Å². The minimum atomic E-state index is 0.653. The third-order valence-electron chi connectivity index (χ3n) is 3.18. The Morgan fingerprint density at radius 2 is 1.90 bits per heavy atom. The Hall–Kier alpha value is -2.20. The second kappa shape index (κ2) is 5.06. The van der Waals surface area contributed by atoms with E-state index in [-0.39, 0.29) is 0 Å². The van der Waals surface area contributed by atoms with Gasteiger partial charge in [-0.15, -0.1) is 0 Å². The molecule has 0 spiro atoms. The van der Waals surface area contributed by atoms with Gasteiger partial charge < -0.3 is 14.5 Å². The molecule has 20 heavy (non-hydrogen) atoms. The van der Waals surface area contributed by atoms with Crippen LogP contribution in [-0.2, 0) is 0 Å². The number of ether oxygens (including phenoxy) is 2. The van der Waals surface area contributed by atoms with Gasteiger partial charge in [0.2, 0.25) is 0 Å². The van der Waals surface area contributed by atoms with Gasteiger partial charge in [-0.05, 0) is 30.3 Å². The van der Waals surface area contributed by atoms with Crippen molar-refractivity contribution in [3.63, 3.8) is 0 Å². The second-order valence-electron chi connectivity index (χ2n) is 4.28. The molecule has 0 atom stereocenters. The molecule has 0 aliphatic rings. The molecule has 2 aromatic heterocycles. The van der Waals surface area contributed by atoms with Crippen LogP contribution < -0.4 is 9.47 Å². The summed E-state index contributed by atoms with van der Waals surface area (Å²) in [7, 11) is 3.22. The molecular weight excluding hydrogens is 276 g/mol. The fraction of sp³-hybridized carbons (Fsp3) is 0.133. The molecule has 0 saturated heterocycles. The molecule has 0 unspecified atom stereocenters. The average Bonchev–Trinajstić information content (AvgIpc) is 2.84. The summed E-state index contributed by atoms with van der Waals surface area (Å²) in [4.78, 5) is 7.50. The molecule has 0 bridgehead atoms. The predicted molar refractivity (Wildman–Crippen MR) is 79.6 cm³/mol. The maximum atomic E-state index is 6.42. The Morgan fingerprint density at radius 3 is 2.60 bits per heavy atom. The Kier molecular flexibility index (Phi) is 3.24. The van der Waals surface area contributed by atoms with Crippen molar-refractivity contribution in [2.24, 2.45) is 0 Å². The van der Waals surface area contributed by atoms with E-state index < -0.39 is 0 Å². The number of hydrogen-bond acceptors (Lipinski definition) is 3. The Balaban J connectivity index is 2.18.